The van der Waals surface area contributed by atoms with Gasteiger partial charge in [0.2, 0.25) is 5.91 Å². The second kappa shape index (κ2) is 5.17. The first-order valence-electron chi connectivity index (χ1n) is 6.91. The van der Waals surface area contributed by atoms with Crippen LogP contribution in [0, 0.1) is 13.8 Å². The summed E-state index contributed by atoms with van der Waals surface area (Å²) in [6, 6.07) is 12.8. The summed E-state index contributed by atoms with van der Waals surface area (Å²) in [6.45, 7) is 4.09. The van der Waals surface area contributed by atoms with Gasteiger partial charge < -0.3 is 10.6 Å². The lowest BCUT2D eigenvalue weighted by Gasteiger charge is -2.46. The first-order valence-corrected chi connectivity index (χ1v) is 7.29. The molecule has 3 nitrogen and oxygen atoms in total. The summed E-state index contributed by atoms with van der Waals surface area (Å²) in [5.41, 5.74) is 10.1. The number of halogens is 1. The molecule has 0 bridgehead atoms. The van der Waals surface area contributed by atoms with Gasteiger partial charge in [-0.15, -0.1) is 0 Å². The zero-order chi connectivity index (χ0) is 15.1. The number of β-lactam (4-membered cyclic amide) rings is 1. The van der Waals surface area contributed by atoms with E-state index >= 15 is 0 Å². The van der Waals surface area contributed by atoms with E-state index in [1.54, 1.807) is 4.90 Å². The number of carbonyl (C=O) groups excluding carboxylic acids is 1. The smallest absolute Gasteiger partial charge is 0.247 e. The Morgan fingerprint density at radius 1 is 1.10 bits per heavy atom. The van der Waals surface area contributed by atoms with Gasteiger partial charge in [-0.2, -0.15) is 0 Å². The van der Waals surface area contributed by atoms with Gasteiger partial charge >= 0.3 is 0 Å². The highest BCUT2D eigenvalue weighted by atomic mass is 35.5. The molecule has 1 fully saturated rings. The van der Waals surface area contributed by atoms with Gasteiger partial charge in [0.1, 0.15) is 6.04 Å². The lowest BCUT2D eigenvalue weighted by Crippen LogP contribution is -2.63. The number of nitrogens with zero attached hydrogens (tertiary/aromatic N) is 1. The van der Waals surface area contributed by atoms with Gasteiger partial charge in [-0.25, -0.2) is 0 Å². The number of carbonyl (C=O) groups is 1. The molecule has 0 saturated carbocycles. The molecule has 21 heavy (non-hydrogen) atoms. The fourth-order valence-electron chi connectivity index (χ4n) is 2.72. The second-order valence-electron chi connectivity index (χ2n) is 5.47. The Morgan fingerprint density at radius 2 is 1.81 bits per heavy atom. The van der Waals surface area contributed by atoms with E-state index in [0.29, 0.717) is 5.02 Å². The molecular weight excluding hydrogens is 284 g/mol. The summed E-state index contributed by atoms with van der Waals surface area (Å²) < 4.78 is 0. The van der Waals surface area contributed by atoms with Crippen LogP contribution in [0.2, 0.25) is 5.02 Å². The third-order valence-corrected chi connectivity index (χ3v) is 4.48. The van der Waals surface area contributed by atoms with Gasteiger partial charge in [0.15, 0.2) is 0 Å². The molecule has 0 radical (unpaired) electrons. The number of hydrogen-bond donors (Lipinski definition) is 1. The molecule has 2 aromatic carbocycles. The Morgan fingerprint density at radius 3 is 2.48 bits per heavy atom. The number of amides is 1. The Hall–Kier alpha value is -1.84. The minimum atomic E-state index is -0.536. The lowest BCUT2D eigenvalue weighted by atomic mass is 9.88. The Kier molecular flexibility index (Phi) is 3.47. The monoisotopic (exact) mass is 300 g/mol. The van der Waals surface area contributed by atoms with Gasteiger partial charge in [0, 0.05) is 10.7 Å². The summed E-state index contributed by atoms with van der Waals surface area (Å²) in [5, 5.41) is 0.638. The van der Waals surface area contributed by atoms with Crippen LogP contribution in [0.5, 0.6) is 0 Å². The normalized spacial score (nSPS) is 21.3. The van der Waals surface area contributed by atoms with Gasteiger partial charge in [0.25, 0.3) is 0 Å². The molecule has 2 N–H and O–H groups in total. The number of anilines is 1. The highest BCUT2D eigenvalue weighted by Gasteiger charge is 2.47. The number of nitrogens with two attached hydrogens (primary N) is 1. The fraction of sp³-hybridized carbons (Fsp3) is 0.235. The number of rotatable bonds is 2. The molecular formula is C17H17ClN2O. The van der Waals surface area contributed by atoms with E-state index in [0.717, 1.165) is 16.8 Å². The summed E-state index contributed by atoms with van der Waals surface area (Å²) in [6.07, 6.45) is 0. The van der Waals surface area contributed by atoms with Crippen LogP contribution in [-0.2, 0) is 4.79 Å². The minimum Gasteiger partial charge on any atom is -0.318 e. The van der Waals surface area contributed by atoms with Gasteiger partial charge in [-0.1, -0.05) is 35.9 Å². The van der Waals surface area contributed by atoms with Crippen molar-refractivity contribution in [3.05, 3.63) is 64.2 Å². The third kappa shape index (κ3) is 2.23. The Labute approximate surface area is 129 Å². The van der Waals surface area contributed by atoms with Crippen LogP contribution in [-0.4, -0.2) is 11.9 Å². The molecule has 0 spiro atoms. The second-order valence-corrected chi connectivity index (χ2v) is 5.88. The van der Waals surface area contributed by atoms with Crippen LogP contribution in [0.1, 0.15) is 22.7 Å². The van der Waals surface area contributed by atoms with Crippen molar-refractivity contribution in [3.8, 4) is 0 Å². The number of hydrogen-bond acceptors (Lipinski definition) is 2. The van der Waals surface area contributed by atoms with Crippen LogP contribution < -0.4 is 10.6 Å². The molecule has 1 aliphatic heterocycles. The van der Waals surface area contributed by atoms with E-state index in [2.05, 4.69) is 0 Å². The molecule has 0 unspecified atom stereocenters. The first kappa shape index (κ1) is 14.1. The molecule has 1 amide bonds. The quantitative estimate of drug-likeness (QED) is 0.864. The van der Waals surface area contributed by atoms with E-state index in [9.17, 15) is 4.79 Å². The van der Waals surface area contributed by atoms with Crippen molar-refractivity contribution < 1.29 is 4.79 Å². The Balaban J connectivity index is 2.02. The van der Waals surface area contributed by atoms with Crippen molar-refractivity contribution in [1.82, 2.24) is 0 Å². The van der Waals surface area contributed by atoms with Gasteiger partial charge in [-0.05, 0) is 48.7 Å². The molecule has 3 rings (SSSR count). The van der Waals surface area contributed by atoms with Crippen molar-refractivity contribution in [2.75, 3.05) is 4.90 Å². The van der Waals surface area contributed by atoms with E-state index in [4.69, 9.17) is 17.3 Å². The molecule has 4 heteroatoms. The van der Waals surface area contributed by atoms with Crippen LogP contribution in [0.3, 0.4) is 0 Å². The van der Waals surface area contributed by atoms with Crippen molar-refractivity contribution in [2.45, 2.75) is 25.9 Å². The van der Waals surface area contributed by atoms with E-state index < -0.39 is 6.04 Å². The van der Waals surface area contributed by atoms with Crippen LogP contribution in [0.25, 0.3) is 0 Å². The van der Waals surface area contributed by atoms with E-state index in [-0.39, 0.29) is 11.9 Å². The molecule has 1 saturated heterocycles. The summed E-state index contributed by atoms with van der Waals surface area (Å²) in [7, 11) is 0. The average Bonchev–Trinajstić information content (AvgIpc) is 2.48. The van der Waals surface area contributed by atoms with Crippen LogP contribution in [0.15, 0.2) is 42.5 Å². The largest absolute Gasteiger partial charge is 0.318 e. The lowest BCUT2D eigenvalue weighted by molar-refractivity contribution is -0.126. The molecule has 108 valence electrons. The predicted octanol–water partition coefficient (Wildman–Crippen LogP) is 3.37. The SMILES string of the molecule is Cc1ccc(N2C(=O)[C@H](N)[C@H]2c2ccccc2Cl)cc1C. The predicted molar refractivity (Wildman–Crippen MR) is 85.6 cm³/mol. The molecule has 2 atom stereocenters. The number of benzene rings is 2. The average molecular weight is 301 g/mol. The van der Waals surface area contributed by atoms with Crippen molar-refractivity contribution in [1.29, 1.82) is 0 Å². The standard InChI is InChI=1S/C17H17ClN2O/c1-10-7-8-12(9-11(10)2)20-16(15(19)17(20)21)13-5-3-4-6-14(13)18/h3-9,15-16H,19H2,1-2H3/t15-,16-/m1/s1. The molecule has 1 aliphatic rings. The summed E-state index contributed by atoms with van der Waals surface area (Å²) >= 11 is 6.26. The maximum Gasteiger partial charge on any atom is 0.247 e. The van der Waals surface area contributed by atoms with E-state index in [1.807, 2.05) is 56.3 Å². The summed E-state index contributed by atoms with van der Waals surface area (Å²) in [5.74, 6) is -0.0665. The molecule has 2 aromatic rings. The van der Waals surface area contributed by atoms with Crippen LogP contribution in [0.4, 0.5) is 5.69 Å². The highest BCUT2D eigenvalue weighted by molar-refractivity contribution is 6.31. The van der Waals surface area contributed by atoms with Crippen molar-refractivity contribution in [2.24, 2.45) is 5.73 Å². The van der Waals surface area contributed by atoms with E-state index in [1.165, 1.54) is 5.56 Å². The first-order chi connectivity index (χ1) is 10.0. The van der Waals surface area contributed by atoms with Crippen LogP contribution >= 0.6 is 11.6 Å². The zero-order valence-electron chi connectivity index (χ0n) is 12.0. The topological polar surface area (TPSA) is 46.3 Å². The van der Waals surface area contributed by atoms with Crippen molar-refractivity contribution in [3.63, 3.8) is 0 Å². The number of aryl methyl sites for hydroxylation is 2. The molecule has 0 aliphatic carbocycles. The maximum atomic E-state index is 12.2. The molecule has 0 aromatic heterocycles. The molecule has 1 heterocycles. The fourth-order valence-corrected chi connectivity index (χ4v) is 2.97. The maximum absolute atomic E-state index is 12.2. The van der Waals surface area contributed by atoms with Gasteiger partial charge in [0.05, 0.1) is 6.04 Å². The van der Waals surface area contributed by atoms with Gasteiger partial charge in [-0.3, -0.25) is 4.79 Å². The minimum absolute atomic E-state index is 0.0665. The highest BCUT2D eigenvalue weighted by Crippen LogP contribution is 2.40. The Bertz CT molecular complexity index is 714. The summed E-state index contributed by atoms with van der Waals surface area (Å²) in [4.78, 5) is 13.9. The van der Waals surface area contributed by atoms with Crippen molar-refractivity contribution >= 4 is 23.2 Å². The zero-order valence-corrected chi connectivity index (χ0v) is 12.8. The third-order valence-electron chi connectivity index (χ3n) is 4.13.